The molecule has 3 nitrogen and oxygen atoms in total. The standard InChI is InChI=1S/C11H24N2O/c1-10(2)4-5-13-6-7-14-11(9-13)8-12-3/h10-12H,4-9H2,1-3H3. The zero-order valence-electron chi connectivity index (χ0n) is 9.75. The Morgan fingerprint density at radius 1 is 1.50 bits per heavy atom. The van der Waals surface area contributed by atoms with Crippen molar-refractivity contribution in [3.63, 3.8) is 0 Å². The normalized spacial score (nSPS) is 24.4. The lowest BCUT2D eigenvalue weighted by Gasteiger charge is -2.33. The van der Waals surface area contributed by atoms with Crippen LogP contribution >= 0.6 is 0 Å². The number of morpholine rings is 1. The van der Waals surface area contributed by atoms with Gasteiger partial charge in [0.2, 0.25) is 0 Å². The molecule has 1 heterocycles. The van der Waals surface area contributed by atoms with Crippen LogP contribution < -0.4 is 5.32 Å². The van der Waals surface area contributed by atoms with E-state index in [0.29, 0.717) is 6.10 Å². The summed E-state index contributed by atoms with van der Waals surface area (Å²) in [6.07, 6.45) is 1.69. The van der Waals surface area contributed by atoms with Gasteiger partial charge in [-0.2, -0.15) is 0 Å². The molecule has 1 N–H and O–H groups in total. The smallest absolute Gasteiger partial charge is 0.0826 e. The molecule has 84 valence electrons. The van der Waals surface area contributed by atoms with Gasteiger partial charge < -0.3 is 10.1 Å². The first-order valence-corrected chi connectivity index (χ1v) is 5.71. The summed E-state index contributed by atoms with van der Waals surface area (Å²) in [7, 11) is 1.98. The summed E-state index contributed by atoms with van der Waals surface area (Å²) < 4.78 is 5.65. The number of rotatable bonds is 5. The average molecular weight is 200 g/mol. The predicted molar refractivity (Wildman–Crippen MR) is 59.6 cm³/mol. The summed E-state index contributed by atoms with van der Waals surface area (Å²) in [6.45, 7) is 9.85. The Morgan fingerprint density at radius 2 is 2.29 bits per heavy atom. The molecule has 0 radical (unpaired) electrons. The van der Waals surface area contributed by atoms with Gasteiger partial charge in [-0.1, -0.05) is 13.8 Å². The van der Waals surface area contributed by atoms with Gasteiger partial charge in [-0.05, 0) is 25.9 Å². The molecule has 0 aliphatic carbocycles. The van der Waals surface area contributed by atoms with Crippen LogP contribution in [0.4, 0.5) is 0 Å². The number of hydrogen-bond acceptors (Lipinski definition) is 3. The van der Waals surface area contributed by atoms with Crippen LogP contribution in [0.25, 0.3) is 0 Å². The largest absolute Gasteiger partial charge is 0.374 e. The van der Waals surface area contributed by atoms with Gasteiger partial charge in [0, 0.05) is 19.6 Å². The van der Waals surface area contributed by atoms with Crippen molar-refractivity contribution in [3.8, 4) is 0 Å². The summed E-state index contributed by atoms with van der Waals surface area (Å²) in [6, 6.07) is 0. The zero-order valence-corrected chi connectivity index (χ0v) is 9.75. The molecule has 0 spiro atoms. The highest BCUT2D eigenvalue weighted by Crippen LogP contribution is 2.07. The van der Waals surface area contributed by atoms with Crippen LogP contribution in [-0.2, 0) is 4.74 Å². The molecule has 14 heavy (non-hydrogen) atoms. The van der Waals surface area contributed by atoms with E-state index in [1.165, 1.54) is 13.0 Å². The van der Waals surface area contributed by atoms with Gasteiger partial charge in [-0.3, -0.25) is 4.90 Å². The van der Waals surface area contributed by atoms with Gasteiger partial charge in [-0.15, -0.1) is 0 Å². The Kier molecular flexibility index (Phi) is 5.45. The van der Waals surface area contributed by atoms with E-state index in [2.05, 4.69) is 24.1 Å². The third-order valence-electron chi connectivity index (χ3n) is 2.68. The number of ether oxygens (including phenoxy) is 1. The highest BCUT2D eigenvalue weighted by molar-refractivity contribution is 4.72. The Bertz CT molecular complexity index is 148. The molecule has 0 aromatic rings. The van der Waals surface area contributed by atoms with E-state index in [-0.39, 0.29) is 0 Å². The van der Waals surface area contributed by atoms with Gasteiger partial charge in [0.1, 0.15) is 0 Å². The minimum atomic E-state index is 0.390. The van der Waals surface area contributed by atoms with Crippen molar-refractivity contribution in [2.45, 2.75) is 26.4 Å². The van der Waals surface area contributed by atoms with E-state index in [4.69, 9.17) is 4.74 Å². The average Bonchev–Trinajstić information content (AvgIpc) is 2.16. The van der Waals surface area contributed by atoms with Crippen LogP contribution in [0.15, 0.2) is 0 Å². The third-order valence-corrected chi connectivity index (χ3v) is 2.68. The number of likely N-dealkylation sites (N-methyl/N-ethyl adjacent to an activating group) is 1. The topological polar surface area (TPSA) is 24.5 Å². The molecule has 0 amide bonds. The van der Waals surface area contributed by atoms with Crippen molar-refractivity contribution >= 4 is 0 Å². The van der Waals surface area contributed by atoms with Gasteiger partial charge >= 0.3 is 0 Å². The lowest BCUT2D eigenvalue weighted by atomic mass is 10.1. The van der Waals surface area contributed by atoms with E-state index in [0.717, 1.165) is 32.2 Å². The monoisotopic (exact) mass is 200 g/mol. The molecular formula is C11H24N2O. The molecule has 1 aliphatic heterocycles. The van der Waals surface area contributed by atoms with Crippen LogP contribution in [0.3, 0.4) is 0 Å². The highest BCUT2D eigenvalue weighted by Gasteiger charge is 2.19. The quantitative estimate of drug-likeness (QED) is 0.715. The maximum atomic E-state index is 5.65. The second kappa shape index (κ2) is 6.38. The van der Waals surface area contributed by atoms with E-state index >= 15 is 0 Å². The summed E-state index contributed by atoms with van der Waals surface area (Å²) in [4.78, 5) is 2.52. The molecule has 1 aliphatic rings. The second-order valence-corrected chi connectivity index (χ2v) is 4.53. The van der Waals surface area contributed by atoms with Crippen LogP contribution in [0.5, 0.6) is 0 Å². The summed E-state index contributed by atoms with van der Waals surface area (Å²) in [5.41, 5.74) is 0. The van der Waals surface area contributed by atoms with E-state index < -0.39 is 0 Å². The van der Waals surface area contributed by atoms with Gasteiger partial charge in [-0.25, -0.2) is 0 Å². The molecule has 0 aromatic carbocycles. The fourth-order valence-corrected chi connectivity index (χ4v) is 1.78. The molecule has 1 saturated heterocycles. The first kappa shape index (κ1) is 12.0. The van der Waals surface area contributed by atoms with Crippen molar-refractivity contribution in [1.82, 2.24) is 10.2 Å². The first-order valence-electron chi connectivity index (χ1n) is 5.71. The van der Waals surface area contributed by atoms with Gasteiger partial charge in [0.05, 0.1) is 12.7 Å². The maximum Gasteiger partial charge on any atom is 0.0826 e. The summed E-state index contributed by atoms with van der Waals surface area (Å²) >= 11 is 0. The fraction of sp³-hybridized carbons (Fsp3) is 1.00. The lowest BCUT2D eigenvalue weighted by Crippen LogP contribution is -2.46. The van der Waals surface area contributed by atoms with Gasteiger partial charge in [0.25, 0.3) is 0 Å². The third kappa shape index (κ3) is 4.40. The molecule has 0 saturated carbocycles. The SMILES string of the molecule is CNCC1CN(CCC(C)C)CCO1. The first-order chi connectivity index (χ1) is 6.72. The van der Waals surface area contributed by atoms with Crippen molar-refractivity contribution in [1.29, 1.82) is 0 Å². The molecule has 1 unspecified atom stereocenters. The number of nitrogens with one attached hydrogen (secondary N) is 1. The zero-order chi connectivity index (χ0) is 10.4. The number of hydrogen-bond donors (Lipinski definition) is 1. The fourth-order valence-electron chi connectivity index (χ4n) is 1.78. The van der Waals surface area contributed by atoms with Gasteiger partial charge in [0.15, 0.2) is 0 Å². The Hall–Kier alpha value is -0.120. The minimum Gasteiger partial charge on any atom is -0.374 e. The number of nitrogens with zero attached hydrogens (tertiary/aromatic N) is 1. The van der Waals surface area contributed by atoms with Crippen molar-refractivity contribution < 1.29 is 4.74 Å². The van der Waals surface area contributed by atoms with E-state index in [1.807, 2.05) is 7.05 Å². The van der Waals surface area contributed by atoms with E-state index in [9.17, 15) is 0 Å². The molecule has 1 rings (SSSR count). The van der Waals surface area contributed by atoms with E-state index in [1.54, 1.807) is 0 Å². The minimum absolute atomic E-state index is 0.390. The van der Waals surface area contributed by atoms with Crippen LogP contribution in [0.1, 0.15) is 20.3 Å². The molecule has 0 bridgehead atoms. The van der Waals surface area contributed by atoms with Crippen molar-refractivity contribution in [2.75, 3.05) is 39.8 Å². The summed E-state index contributed by atoms with van der Waals surface area (Å²) in [5.74, 6) is 0.806. The lowest BCUT2D eigenvalue weighted by molar-refractivity contribution is -0.0273. The van der Waals surface area contributed by atoms with Crippen LogP contribution in [0, 0.1) is 5.92 Å². The maximum absolute atomic E-state index is 5.65. The Labute approximate surface area is 87.8 Å². The predicted octanol–water partition coefficient (Wildman–Crippen LogP) is 0.953. The Balaban J connectivity index is 2.18. The molecule has 1 fully saturated rings. The summed E-state index contributed by atoms with van der Waals surface area (Å²) in [5, 5.41) is 3.17. The highest BCUT2D eigenvalue weighted by atomic mass is 16.5. The molecule has 3 heteroatoms. The van der Waals surface area contributed by atoms with Crippen LogP contribution in [-0.4, -0.2) is 50.8 Å². The molecular weight excluding hydrogens is 176 g/mol. The van der Waals surface area contributed by atoms with Crippen molar-refractivity contribution in [2.24, 2.45) is 5.92 Å². The Morgan fingerprint density at radius 3 is 2.93 bits per heavy atom. The second-order valence-electron chi connectivity index (χ2n) is 4.53. The van der Waals surface area contributed by atoms with Crippen molar-refractivity contribution in [3.05, 3.63) is 0 Å². The van der Waals surface area contributed by atoms with Crippen LogP contribution in [0.2, 0.25) is 0 Å². The molecule has 0 aromatic heterocycles. The molecule has 1 atom stereocenters.